The minimum Gasteiger partial charge on any atom is -0.444 e. The number of hydrogen-bond acceptors (Lipinski definition) is 4. The van der Waals surface area contributed by atoms with Crippen molar-refractivity contribution in [2.45, 2.75) is 19.8 Å². The highest BCUT2D eigenvalue weighted by Crippen LogP contribution is 2.22. The maximum Gasteiger partial charge on any atom is 0.275 e. The fourth-order valence-corrected chi connectivity index (χ4v) is 2.50. The van der Waals surface area contributed by atoms with Gasteiger partial charge in [-0.3, -0.25) is 4.79 Å². The van der Waals surface area contributed by atoms with Gasteiger partial charge in [0.1, 0.15) is 6.26 Å². The number of aromatic nitrogens is 1. The Kier molecular flexibility index (Phi) is 3.64. The highest BCUT2D eigenvalue weighted by Gasteiger charge is 2.24. The first-order valence-electron chi connectivity index (χ1n) is 7.24. The van der Waals surface area contributed by atoms with Crippen molar-refractivity contribution in [3.8, 4) is 11.5 Å². The lowest BCUT2D eigenvalue weighted by Gasteiger charge is -2.29. The number of anilines is 1. The molecular formula is C16H19N3O2. The Morgan fingerprint density at radius 3 is 2.62 bits per heavy atom. The van der Waals surface area contributed by atoms with Gasteiger partial charge in [0.15, 0.2) is 5.69 Å². The molecule has 0 radical (unpaired) electrons. The number of hydrogen-bond donors (Lipinski definition) is 1. The van der Waals surface area contributed by atoms with Gasteiger partial charge in [0, 0.05) is 24.3 Å². The number of amides is 1. The molecule has 2 heterocycles. The number of nitrogens with zero attached hydrogens (tertiary/aromatic N) is 2. The second kappa shape index (κ2) is 5.60. The molecule has 1 saturated heterocycles. The number of likely N-dealkylation sites (tertiary alicyclic amines) is 1. The van der Waals surface area contributed by atoms with E-state index in [2.05, 4.69) is 11.9 Å². The molecule has 0 aliphatic carbocycles. The van der Waals surface area contributed by atoms with Gasteiger partial charge in [-0.05, 0) is 43.0 Å². The molecular weight excluding hydrogens is 266 g/mol. The first-order chi connectivity index (χ1) is 10.1. The van der Waals surface area contributed by atoms with E-state index in [1.54, 1.807) is 12.1 Å². The van der Waals surface area contributed by atoms with Crippen LogP contribution >= 0.6 is 0 Å². The highest BCUT2D eigenvalue weighted by atomic mass is 16.3. The van der Waals surface area contributed by atoms with Crippen LogP contribution in [0.15, 0.2) is 34.9 Å². The van der Waals surface area contributed by atoms with E-state index in [0.29, 0.717) is 23.2 Å². The number of carbonyl (C=O) groups is 1. The van der Waals surface area contributed by atoms with Crippen molar-refractivity contribution in [2.75, 3.05) is 18.8 Å². The molecule has 1 aromatic heterocycles. The Balaban J connectivity index is 1.75. The van der Waals surface area contributed by atoms with Gasteiger partial charge in [-0.1, -0.05) is 6.92 Å². The molecule has 1 amide bonds. The number of nitrogens with two attached hydrogens (primary N) is 1. The molecule has 21 heavy (non-hydrogen) atoms. The number of piperidine rings is 1. The minimum absolute atomic E-state index is 0.0488. The zero-order valence-corrected chi connectivity index (χ0v) is 12.1. The average molecular weight is 285 g/mol. The quantitative estimate of drug-likeness (QED) is 0.861. The smallest absolute Gasteiger partial charge is 0.275 e. The zero-order chi connectivity index (χ0) is 14.8. The first kappa shape index (κ1) is 13.7. The molecule has 1 aromatic carbocycles. The topological polar surface area (TPSA) is 72.4 Å². The van der Waals surface area contributed by atoms with Gasteiger partial charge in [0.05, 0.1) is 0 Å². The predicted molar refractivity (Wildman–Crippen MR) is 80.7 cm³/mol. The van der Waals surface area contributed by atoms with Crippen LogP contribution in [-0.2, 0) is 0 Å². The van der Waals surface area contributed by atoms with Crippen LogP contribution in [0.2, 0.25) is 0 Å². The van der Waals surface area contributed by atoms with E-state index in [4.69, 9.17) is 10.2 Å². The summed E-state index contributed by atoms with van der Waals surface area (Å²) in [6, 6.07) is 7.23. The van der Waals surface area contributed by atoms with Gasteiger partial charge >= 0.3 is 0 Å². The molecule has 0 bridgehead atoms. The van der Waals surface area contributed by atoms with Gasteiger partial charge < -0.3 is 15.1 Å². The number of benzene rings is 1. The second-order valence-electron chi connectivity index (χ2n) is 5.63. The van der Waals surface area contributed by atoms with Crippen LogP contribution in [0.4, 0.5) is 5.69 Å². The van der Waals surface area contributed by atoms with Crippen molar-refractivity contribution in [1.82, 2.24) is 9.88 Å². The highest BCUT2D eigenvalue weighted by molar-refractivity contribution is 5.92. The molecule has 110 valence electrons. The summed E-state index contributed by atoms with van der Waals surface area (Å²) in [7, 11) is 0. The third kappa shape index (κ3) is 2.91. The molecule has 0 unspecified atom stereocenters. The largest absolute Gasteiger partial charge is 0.444 e. The Bertz CT molecular complexity index is 625. The van der Waals surface area contributed by atoms with Crippen LogP contribution in [0.1, 0.15) is 30.3 Å². The fourth-order valence-electron chi connectivity index (χ4n) is 2.50. The molecule has 5 heteroatoms. The second-order valence-corrected chi connectivity index (χ2v) is 5.63. The van der Waals surface area contributed by atoms with Crippen LogP contribution in [0, 0.1) is 5.92 Å². The molecule has 2 aromatic rings. The maximum absolute atomic E-state index is 12.4. The average Bonchev–Trinajstić information content (AvgIpc) is 2.98. The summed E-state index contributed by atoms with van der Waals surface area (Å²) in [6.45, 7) is 3.81. The summed E-state index contributed by atoms with van der Waals surface area (Å²) in [5.41, 5.74) is 7.53. The minimum atomic E-state index is -0.0488. The lowest BCUT2D eigenvalue weighted by atomic mass is 9.99. The van der Waals surface area contributed by atoms with Crippen LogP contribution in [0.3, 0.4) is 0 Å². The van der Waals surface area contributed by atoms with E-state index in [0.717, 1.165) is 31.5 Å². The lowest BCUT2D eigenvalue weighted by Crippen LogP contribution is -2.38. The fraction of sp³-hybridized carbons (Fsp3) is 0.375. The van der Waals surface area contributed by atoms with Crippen molar-refractivity contribution < 1.29 is 9.21 Å². The maximum atomic E-state index is 12.4. The normalized spacial score (nSPS) is 16.1. The van der Waals surface area contributed by atoms with E-state index >= 15 is 0 Å². The molecule has 0 spiro atoms. The van der Waals surface area contributed by atoms with Gasteiger partial charge in [0.2, 0.25) is 5.89 Å². The Labute approximate surface area is 123 Å². The summed E-state index contributed by atoms with van der Waals surface area (Å²) in [6.07, 6.45) is 3.54. The predicted octanol–water partition coefficient (Wildman–Crippen LogP) is 2.80. The van der Waals surface area contributed by atoms with Crippen molar-refractivity contribution in [1.29, 1.82) is 0 Å². The summed E-state index contributed by atoms with van der Waals surface area (Å²) < 4.78 is 5.42. The molecule has 1 aliphatic heterocycles. The molecule has 0 atom stereocenters. The number of nitrogen functional groups attached to an aromatic ring is 1. The molecule has 2 N–H and O–H groups in total. The molecule has 5 nitrogen and oxygen atoms in total. The lowest BCUT2D eigenvalue weighted by molar-refractivity contribution is 0.0691. The Morgan fingerprint density at radius 1 is 1.29 bits per heavy atom. The van der Waals surface area contributed by atoms with Gasteiger partial charge in [-0.25, -0.2) is 4.98 Å². The van der Waals surface area contributed by atoms with Crippen molar-refractivity contribution >= 4 is 11.6 Å². The first-order valence-corrected chi connectivity index (χ1v) is 7.24. The summed E-state index contributed by atoms with van der Waals surface area (Å²) in [5.74, 6) is 1.09. The van der Waals surface area contributed by atoms with Gasteiger partial charge in [-0.2, -0.15) is 0 Å². The standard InChI is InChI=1S/C16H19N3O2/c1-11-6-8-19(9-7-11)16(20)14-10-21-15(18-14)12-2-4-13(17)5-3-12/h2-5,10-11H,6-9,17H2,1H3. The van der Waals surface area contributed by atoms with E-state index in [1.165, 1.54) is 6.26 Å². The molecule has 0 saturated carbocycles. The van der Waals surface area contributed by atoms with Gasteiger partial charge in [0.25, 0.3) is 5.91 Å². The number of rotatable bonds is 2. The van der Waals surface area contributed by atoms with E-state index in [1.807, 2.05) is 17.0 Å². The molecule has 3 rings (SSSR count). The number of carbonyl (C=O) groups excluding carboxylic acids is 1. The molecule has 1 fully saturated rings. The van der Waals surface area contributed by atoms with Crippen LogP contribution in [-0.4, -0.2) is 28.9 Å². The van der Waals surface area contributed by atoms with Crippen molar-refractivity contribution in [3.63, 3.8) is 0 Å². The third-order valence-corrected chi connectivity index (χ3v) is 3.95. The number of oxazole rings is 1. The van der Waals surface area contributed by atoms with Crippen LogP contribution < -0.4 is 5.73 Å². The van der Waals surface area contributed by atoms with Crippen molar-refractivity contribution in [2.24, 2.45) is 5.92 Å². The van der Waals surface area contributed by atoms with Crippen molar-refractivity contribution in [3.05, 3.63) is 36.2 Å². The van der Waals surface area contributed by atoms with E-state index < -0.39 is 0 Å². The Hall–Kier alpha value is -2.30. The Morgan fingerprint density at radius 2 is 1.95 bits per heavy atom. The molecule has 1 aliphatic rings. The third-order valence-electron chi connectivity index (χ3n) is 3.95. The van der Waals surface area contributed by atoms with Crippen LogP contribution in [0.5, 0.6) is 0 Å². The summed E-state index contributed by atoms with van der Waals surface area (Å²) in [4.78, 5) is 18.5. The summed E-state index contributed by atoms with van der Waals surface area (Å²) in [5, 5.41) is 0. The zero-order valence-electron chi connectivity index (χ0n) is 12.1. The van der Waals surface area contributed by atoms with E-state index in [9.17, 15) is 4.79 Å². The van der Waals surface area contributed by atoms with E-state index in [-0.39, 0.29) is 5.91 Å². The van der Waals surface area contributed by atoms with Gasteiger partial charge in [-0.15, -0.1) is 0 Å². The SMILES string of the molecule is CC1CCN(C(=O)c2coc(-c3ccc(N)cc3)n2)CC1. The summed E-state index contributed by atoms with van der Waals surface area (Å²) >= 11 is 0. The monoisotopic (exact) mass is 285 g/mol. The van der Waals surface area contributed by atoms with Crippen LogP contribution in [0.25, 0.3) is 11.5 Å².